The lowest BCUT2D eigenvalue weighted by atomic mass is 10.2. The van der Waals surface area contributed by atoms with Crippen molar-refractivity contribution in [2.75, 3.05) is 51.9 Å². The number of benzene rings is 2. The molecule has 0 radical (unpaired) electrons. The Morgan fingerprint density at radius 3 is 2.24 bits per heavy atom. The zero-order chi connectivity index (χ0) is 20.8. The van der Waals surface area contributed by atoms with Crippen LogP contribution in [0.25, 0.3) is 0 Å². The van der Waals surface area contributed by atoms with E-state index < -0.39 is 11.8 Å². The standard InChI is InChI=1S/C21H23FN2O5/c1-27-17-6-4-16(5-7-17)23-9-11-24(12-10-23)20(25)14-29-21(26)15-3-8-19(28-2)18(22)13-15/h3-8,13H,9-12,14H2,1-2H3. The lowest BCUT2D eigenvalue weighted by Crippen LogP contribution is -2.49. The molecule has 1 aliphatic heterocycles. The Bertz CT molecular complexity index is 864. The van der Waals surface area contributed by atoms with Gasteiger partial charge in [-0.2, -0.15) is 0 Å². The molecule has 0 saturated carbocycles. The molecule has 1 amide bonds. The third-order valence-electron chi connectivity index (χ3n) is 4.78. The average Bonchev–Trinajstić information content (AvgIpc) is 2.77. The fourth-order valence-corrected chi connectivity index (χ4v) is 3.10. The van der Waals surface area contributed by atoms with E-state index in [2.05, 4.69) is 4.90 Å². The molecule has 7 nitrogen and oxygen atoms in total. The number of nitrogens with zero attached hydrogens (tertiary/aromatic N) is 2. The van der Waals surface area contributed by atoms with Crippen molar-refractivity contribution in [3.05, 3.63) is 53.8 Å². The predicted molar refractivity (Wildman–Crippen MR) is 105 cm³/mol. The molecule has 29 heavy (non-hydrogen) atoms. The molecule has 0 aromatic heterocycles. The van der Waals surface area contributed by atoms with Crippen LogP contribution in [-0.2, 0) is 9.53 Å². The number of carbonyl (C=O) groups excluding carboxylic acids is 2. The van der Waals surface area contributed by atoms with E-state index in [1.165, 1.54) is 19.2 Å². The molecule has 2 aromatic rings. The molecule has 0 atom stereocenters. The predicted octanol–water partition coefficient (Wildman–Crippen LogP) is 2.35. The first-order chi connectivity index (χ1) is 14.0. The molecule has 1 aliphatic rings. The zero-order valence-corrected chi connectivity index (χ0v) is 16.4. The minimum absolute atomic E-state index is 0.0282. The second-order valence-corrected chi connectivity index (χ2v) is 6.49. The molecule has 3 rings (SSSR count). The summed E-state index contributed by atoms with van der Waals surface area (Å²) >= 11 is 0. The Kier molecular flexibility index (Phi) is 6.54. The van der Waals surface area contributed by atoms with Gasteiger partial charge in [0.1, 0.15) is 5.75 Å². The van der Waals surface area contributed by atoms with E-state index in [1.54, 1.807) is 12.0 Å². The summed E-state index contributed by atoms with van der Waals surface area (Å²) in [6.07, 6.45) is 0. The van der Waals surface area contributed by atoms with Gasteiger partial charge in [0.25, 0.3) is 5.91 Å². The highest BCUT2D eigenvalue weighted by molar-refractivity contribution is 5.91. The van der Waals surface area contributed by atoms with Crippen LogP contribution in [0.5, 0.6) is 11.5 Å². The third kappa shape index (κ3) is 4.96. The smallest absolute Gasteiger partial charge is 0.338 e. The molecule has 1 fully saturated rings. The first-order valence-electron chi connectivity index (χ1n) is 9.19. The molecular formula is C21H23FN2O5. The highest BCUT2D eigenvalue weighted by atomic mass is 19.1. The van der Waals surface area contributed by atoms with Crippen LogP contribution in [0.3, 0.4) is 0 Å². The summed E-state index contributed by atoms with van der Waals surface area (Å²) in [6, 6.07) is 11.5. The highest BCUT2D eigenvalue weighted by Crippen LogP contribution is 2.21. The Morgan fingerprint density at radius 1 is 0.966 bits per heavy atom. The number of hydrogen-bond donors (Lipinski definition) is 0. The molecule has 0 bridgehead atoms. The number of ether oxygens (including phenoxy) is 3. The van der Waals surface area contributed by atoms with Crippen LogP contribution in [0.1, 0.15) is 10.4 Å². The number of anilines is 1. The molecule has 0 N–H and O–H groups in total. The van der Waals surface area contributed by atoms with Crippen LogP contribution >= 0.6 is 0 Å². The summed E-state index contributed by atoms with van der Waals surface area (Å²) in [5.74, 6) is -0.866. The molecule has 1 heterocycles. The van der Waals surface area contributed by atoms with Gasteiger partial charge in [-0.15, -0.1) is 0 Å². The lowest BCUT2D eigenvalue weighted by Gasteiger charge is -2.36. The van der Waals surface area contributed by atoms with Crippen LogP contribution in [0.4, 0.5) is 10.1 Å². The number of methoxy groups -OCH3 is 2. The molecule has 0 spiro atoms. The summed E-state index contributed by atoms with van der Waals surface area (Å²) in [5, 5.41) is 0. The van der Waals surface area contributed by atoms with Crippen LogP contribution < -0.4 is 14.4 Å². The van der Waals surface area contributed by atoms with E-state index >= 15 is 0 Å². The van der Waals surface area contributed by atoms with Gasteiger partial charge < -0.3 is 24.0 Å². The lowest BCUT2D eigenvalue weighted by molar-refractivity contribution is -0.134. The monoisotopic (exact) mass is 402 g/mol. The van der Waals surface area contributed by atoms with E-state index in [0.29, 0.717) is 26.2 Å². The maximum Gasteiger partial charge on any atom is 0.338 e. The fourth-order valence-electron chi connectivity index (χ4n) is 3.10. The first-order valence-corrected chi connectivity index (χ1v) is 9.19. The van der Waals surface area contributed by atoms with Crippen LogP contribution in [0.2, 0.25) is 0 Å². The highest BCUT2D eigenvalue weighted by Gasteiger charge is 2.22. The van der Waals surface area contributed by atoms with Crippen molar-refractivity contribution in [3.63, 3.8) is 0 Å². The summed E-state index contributed by atoms with van der Waals surface area (Å²) < 4.78 is 28.7. The zero-order valence-electron chi connectivity index (χ0n) is 16.4. The van der Waals surface area contributed by atoms with E-state index in [-0.39, 0.29) is 23.8 Å². The van der Waals surface area contributed by atoms with Crippen molar-refractivity contribution in [2.45, 2.75) is 0 Å². The maximum atomic E-state index is 13.7. The number of rotatable bonds is 6. The van der Waals surface area contributed by atoms with Crippen molar-refractivity contribution in [3.8, 4) is 11.5 Å². The normalized spacial score (nSPS) is 13.8. The quantitative estimate of drug-likeness (QED) is 0.691. The minimum Gasteiger partial charge on any atom is -0.497 e. The average molecular weight is 402 g/mol. The van der Waals surface area contributed by atoms with Crippen molar-refractivity contribution in [1.82, 2.24) is 4.90 Å². The number of hydrogen-bond acceptors (Lipinski definition) is 6. The maximum absolute atomic E-state index is 13.7. The third-order valence-corrected chi connectivity index (χ3v) is 4.78. The van der Waals surface area contributed by atoms with Gasteiger partial charge in [-0.05, 0) is 42.5 Å². The van der Waals surface area contributed by atoms with E-state index in [0.717, 1.165) is 17.5 Å². The topological polar surface area (TPSA) is 68.3 Å². The van der Waals surface area contributed by atoms with Crippen molar-refractivity contribution < 1.29 is 28.2 Å². The summed E-state index contributed by atoms with van der Waals surface area (Å²) in [6.45, 7) is 2.03. The van der Waals surface area contributed by atoms with Gasteiger partial charge >= 0.3 is 5.97 Å². The molecule has 154 valence electrons. The second-order valence-electron chi connectivity index (χ2n) is 6.49. The van der Waals surface area contributed by atoms with Crippen molar-refractivity contribution in [1.29, 1.82) is 0 Å². The summed E-state index contributed by atoms with van der Waals surface area (Å²) in [4.78, 5) is 28.2. The minimum atomic E-state index is -0.753. The Hall–Kier alpha value is -3.29. The van der Waals surface area contributed by atoms with Crippen LogP contribution in [-0.4, -0.2) is 63.8 Å². The Labute approximate surface area is 168 Å². The number of halogens is 1. The van der Waals surface area contributed by atoms with E-state index in [4.69, 9.17) is 14.2 Å². The number of carbonyl (C=O) groups is 2. The first kappa shape index (κ1) is 20.4. The second kappa shape index (κ2) is 9.27. The summed E-state index contributed by atoms with van der Waals surface area (Å²) in [5.41, 5.74) is 1.09. The molecule has 1 saturated heterocycles. The number of amides is 1. The molecule has 2 aromatic carbocycles. The van der Waals surface area contributed by atoms with Gasteiger partial charge in [0.2, 0.25) is 0 Å². The van der Waals surface area contributed by atoms with Gasteiger partial charge in [-0.1, -0.05) is 0 Å². The van der Waals surface area contributed by atoms with E-state index in [1.807, 2.05) is 24.3 Å². The largest absolute Gasteiger partial charge is 0.497 e. The van der Waals surface area contributed by atoms with Gasteiger partial charge in [0, 0.05) is 31.9 Å². The van der Waals surface area contributed by atoms with Gasteiger partial charge in [0.15, 0.2) is 18.2 Å². The molecule has 8 heteroatoms. The fraction of sp³-hybridized carbons (Fsp3) is 0.333. The number of piperazine rings is 1. The van der Waals surface area contributed by atoms with Gasteiger partial charge in [0.05, 0.1) is 19.8 Å². The molecule has 0 aliphatic carbocycles. The number of esters is 1. The van der Waals surface area contributed by atoms with Crippen LogP contribution in [0, 0.1) is 5.82 Å². The summed E-state index contributed by atoms with van der Waals surface area (Å²) in [7, 11) is 2.96. The van der Waals surface area contributed by atoms with E-state index in [9.17, 15) is 14.0 Å². The van der Waals surface area contributed by atoms with Gasteiger partial charge in [-0.3, -0.25) is 4.79 Å². The molecule has 0 unspecified atom stereocenters. The van der Waals surface area contributed by atoms with Crippen molar-refractivity contribution in [2.24, 2.45) is 0 Å². The van der Waals surface area contributed by atoms with Gasteiger partial charge in [-0.25, -0.2) is 9.18 Å². The molecular weight excluding hydrogens is 379 g/mol. The SMILES string of the molecule is COc1ccc(N2CCN(C(=O)COC(=O)c3ccc(OC)c(F)c3)CC2)cc1. The van der Waals surface area contributed by atoms with Crippen LogP contribution in [0.15, 0.2) is 42.5 Å². The Balaban J connectivity index is 1.48. The Morgan fingerprint density at radius 2 is 1.66 bits per heavy atom. The van der Waals surface area contributed by atoms with Crippen molar-refractivity contribution >= 4 is 17.6 Å².